The molecule has 156 valence electrons. The minimum absolute atomic E-state index is 0.212. The van der Waals surface area contributed by atoms with Gasteiger partial charge in [0.1, 0.15) is 16.1 Å². The number of nitrogens with two attached hydrogens (primary N) is 1. The Hall–Kier alpha value is -2.88. The summed E-state index contributed by atoms with van der Waals surface area (Å²) in [5, 5.41) is 2.58. The summed E-state index contributed by atoms with van der Waals surface area (Å²) in [6.07, 6.45) is 2.11. The van der Waals surface area contributed by atoms with E-state index in [0.717, 1.165) is 11.1 Å². The van der Waals surface area contributed by atoms with Crippen molar-refractivity contribution in [2.24, 2.45) is 5.73 Å². The van der Waals surface area contributed by atoms with Crippen molar-refractivity contribution in [3.8, 4) is 17.2 Å². The zero-order chi connectivity index (χ0) is 21.7. The zero-order valence-corrected chi connectivity index (χ0v) is 18.0. The lowest BCUT2D eigenvalue weighted by Gasteiger charge is -2.12. The van der Waals surface area contributed by atoms with E-state index in [1.165, 1.54) is 18.9 Å². The maximum absolute atomic E-state index is 11.8. The van der Waals surface area contributed by atoms with Crippen LogP contribution < -0.4 is 20.5 Å². The highest BCUT2D eigenvalue weighted by molar-refractivity contribution is 8.26. The second-order valence-corrected chi connectivity index (χ2v) is 8.06. The first-order valence-corrected chi connectivity index (χ1v) is 10.1. The standard InChI is InChI=1S/C21H20N2O5S2/c1-26-17-10-13(11-18-19(24)23-21(29)30-18)5-8-16(17)28-14-6-3-12(4-7-14)9-15(22)20(25)27-2/h3-8,10-11,15H,9,22H2,1-2H3,(H,23,24,29)/b18-11+/t15-/m0/s1. The third-order valence-corrected chi connectivity index (χ3v) is 5.40. The summed E-state index contributed by atoms with van der Waals surface area (Å²) in [6.45, 7) is 0. The molecule has 3 rings (SSSR count). The van der Waals surface area contributed by atoms with Crippen molar-refractivity contribution < 1.29 is 23.8 Å². The Kier molecular flexibility index (Phi) is 7.09. The normalized spacial score (nSPS) is 15.6. The molecule has 0 radical (unpaired) electrons. The van der Waals surface area contributed by atoms with Gasteiger partial charge >= 0.3 is 5.97 Å². The smallest absolute Gasteiger partial charge is 0.322 e. The summed E-state index contributed by atoms with van der Waals surface area (Å²) in [6, 6.07) is 11.9. The number of thioether (sulfide) groups is 1. The molecular weight excluding hydrogens is 424 g/mol. The second-order valence-electron chi connectivity index (χ2n) is 6.34. The summed E-state index contributed by atoms with van der Waals surface area (Å²) in [4.78, 5) is 23.8. The Morgan fingerprint density at radius 2 is 1.93 bits per heavy atom. The van der Waals surface area contributed by atoms with Gasteiger partial charge in [0.25, 0.3) is 5.91 Å². The molecule has 0 spiro atoms. The topological polar surface area (TPSA) is 99.9 Å². The summed E-state index contributed by atoms with van der Waals surface area (Å²) in [7, 11) is 2.85. The molecular formula is C21H20N2O5S2. The molecule has 2 aromatic carbocycles. The van der Waals surface area contributed by atoms with E-state index in [1.54, 1.807) is 37.5 Å². The number of thiocarbonyl (C=S) groups is 1. The van der Waals surface area contributed by atoms with Gasteiger partial charge in [-0.2, -0.15) is 0 Å². The minimum Gasteiger partial charge on any atom is -0.493 e. The van der Waals surface area contributed by atoms with Crippen molar-refractivity contribution in [1.29, 1.82) is 0 Å². The highest BCUT2D eigenvalue weighted by Crippen LogP contribution is 2.34. The molecule has 1 aliphatic rings. The van der Waals surface area contributed by atoms with E-state index in [4.69, 9.17) is 27.4 Å². The van der Waals surface area contributed by atoms with Crippen molar-refractivity contribution in [2.75, 3.05) is 14.2 Å². The molecule has 1 fully saturated rings. The molecule has 1 saturated heterocycles. The maximum Gasteiger partial charge on any atom is 0.322 e. The van der Waals surface area contributed by atoms with Gasteiger partial charge in [-0.1, -0.05) is 42.2 Å². The molecule has 9 heteroatoms. The summed E-state index contributed by atoms with van der Waals surface area (Å²) < 4.78 is 16.4. The summed E-state index contributed by atoms with van der Waals surface area (Å²) in [5.41, 5.74) is 7.46. The molecule has 1 aliphatic heterocycles. The predicted molar refractivity (Wildman–Crippen MR) is 120 cm³/mol. The Morgan fingerprint density at radius 1 is 1.20 bits per heavy atom. The van der Waals surface area contributed by atoms with Gasteiger partial charge in [-0.25, -0.2) is 0 Å². The van der Waals surface area contributed by atoms with Gasteiger partial charge in [0.15, 0.2) is 11.5 Å². The number of hydrogen-bond acceptors (Lipinski definition) is 8. The lowest BCUT2D eigenvalue weighted by Crippen LogP contribution is -2.33. The molecule has 2 aromatic rings. The molecule has 30 heavy (non-hydrogen) atoms. The SMILES string of the molecule is COC(=O)[C@@H](N)Cc1ccc(Oc2ccc(/C=C3/SC(=S)NC3=O)cc2OC)cc1. The molecule has 0 bridgehead atoms. The average Bonchev–Trinajstić information content (AvgIpc) is 3.06. The maximum atomic E-state index is 11.8. The Bertz CT molecular complexity index is 1000. The molecule has 0 unspecified atom stereocenters. The van der Waals surface area contributed by atoms with Crippen molar-refractivity contribution in [2.45, 2.75) is 12.5 Å². The first-order chi connectivity index (χ1) is 14.4. The lowest BCUT2D eigenvalue weighted by atomic mass is 10.1. The van der Waals surface area contributed by atoms with Crippen LogP contribution >= 0.6 is 24.0 Å². The van der Waals surface area contributed by atoms with Crippen LogP contribution in [-0.2, 0) is 20.7 Å². The summed E-state index contributed by atoms with van der Waals surface area (Å²) >= 11 is 6.22. The molecule has 7 nitrogen and oxygen atoms in total. The third-order valence-electron chi connectivity index (χ3n) is 4.24. The van der Waals surface area contributed by atoms with Crippen LogP contribution in [0.1, 0.15) is 11.1 Å². The number of esters is 1. The number of benzene rings is 2. The first-order valence-electron chi connectivity index (χ1n) is 8.92. The van der Waals surface area contributed by atoms with Gasteiger partial charge in [-0.05, 0) is 47.9 Å². The van der Waals surface area contributed by atoms with Gasteiger partial charge < -0.3 is 25.3 Å². The highest BCUT2D eigenvalue weighted by atomic mass is 32.2. The fourth-order valence-electron chi connectivity index (χ4n) is 2.74. The van der Waals surface area contributed by atoms with Gasteiger partial charge in [-0.15, -0.1) is 0 Å². The van der Waals surface area contributed by atoms with Gasteiger partial charge in [0.05, 0.1) is 19.1 Å². The van der Waals surface area contributed by atoms with Crippen LogP contribution in [0.4, 0.5) is 0 Å². The lowest BCUT2D eigenvalue weighted by molar-refractivity contribution is -0.142. The van der Waals surface area contributed by atoms with E-state index >= 15 is 0 Å². The van der Waals surface area contributed by atoms with E-state index in [1.807, 2.05) is 18.2 Å². The molecule has 1 amide bonds. The number of hydrogen-bond donors (Lipinski definition) is 2. The largest absolute Gasteiger partial charge is 0.493 e. The quantitative estimate of drug-likeness (QED) is 0.382. The predicted octanol–water partition coefficient (Wildman–Crippen LogP) is 3.02. The second kappa shape index (κ2) is 9.75. The summed E-state index contributed by atoms with van der Waals surface area (Å²) in [5.74, 6) is 0.984. The molecule has 0 aromatic heterocycles. The van der Waals surface area contributed by atoms with E-state index < -0.39 is 12.0 Å². The third kappa shape index (κ3) is 5.38. The van der Waals surface area contributed by atoms with Crippen LogP contribution in [0.2, 0.25) is 0 Å². The average molecular weight is 445 g/mol. The van der Waals surface area contributed by atoms with Crippen molar-refractivity contribution >= 4 is 46.3 Å². The molecule has 3 N–H and O–H groups in total. The van der Waals surface area contributed by atoms with Crippen LogP contribution in [0, 0.1) is 0 Å². The van der Waals surface area contributed by atoms with Crippen LogP contribution in [-0.4, -0.2) is 36.5 Å². The van der Waals surface area contributed by atoms with Crippen LogP contribution in [0.25, 0.3) is 6.08 Å². The Balaban J connectivity index is 1.72. The fourth-order valence-corrected chi connectivity index (χ4v) is 3.78. The molecule has 0 saturated carbocycles. The van der Waals surface area contributed by atoms with E-state index in [0.29, 0.717) is 32.9 Å². The molecule has 0 aliphatic carbocycles. The van der Waals surface area contributed by atoms with Gasteiger partial charge in [-0.3, -0.25) is 9.59 Å². The highest BCUT2D eigenvalue weighted by Gasteiger charge is 2.22. The number of amides is 1. The number of nitrogens with one attached hydrogen (secondary N) is 1. The van der Waals surface area contributed by atoms with Crippen LogP contribution in [0.5, 0.6) is 17.2 Å². The number of rotatable bonds is 7. The zero-order valence-electron chi connectivity index (χ0n) is 16.3. The van der Waals surface area contributed by atoms with Gasteiger partial charge in [0.2, 0.25) is 0 Å². The van der Waals surface area contributed by atoms with Crippen LogP contribution in [0.15, 0.2) is 47.4 Å². The molecule has 1 atom stereocenters. The monoisotopic (exact) mass is 444 g/mol. The molecule has 1 heterocycles. The van der Waals surface area contributed by atoms with Gasteiger partial charge in [0, 0.05) is 0 Å². The van der Waals surface area contributed by atoms with Crippen LogP contribution in [0.3, 0.4) is 0 Å². The van der Waals surface area contributed by atoms with Crippen molar-refractivity contribution in [3.63, 3.8) is 0 Å². The van der Waals surface area contributed by atoms with Crippen molar-refractivity contribution in [1.82, 2.24) is 5.32 Å². The van der Waals surface area contributed by atoms with E-state index in [9.17, 15) is 9.59 Å². The Morgan fingerprint density at radius 3 is 2.53 bits per heavy atom. The number of ether oxygens (including phenoxy) is 3. The first kappa shape index (κ1) is 21.8. The van der Waals surface area contributed by atoms with E-state index in [2.05, 4.69) is 10.1 Å². The van der Waals surface area contributed by atoms with E-state index in [-0.39, 0.29) is 5.91 Å². The van der Waals surface area contributed by atoms with Crippen molar-refractivity contribution in [3.05, 3.63) is 58.5 Å². The fraction of sp³-hybridized carbons (Fsp3) is 0.190. The number of carbonyl (C=O) groups is 2. The minimum atomic E-state index is -0.710. The number of methoxy groups -OCH3 is 2. The Labute approximate surface area is 183 Å². The number of carbonyl (C=O) groups excluding carboxylic acids is 2.